The largest absolute Gasteiger partial charge is 0.502 e. The Morgan fingerprint density at radius 2 is 1.76 bits per heavy atom. The average molecular weight is 513 g/mol. The van der Waals surface area contributed by atoms with E-state index in [4.69, 9.17) is 0 Å². The number of nitrogens with zero attached hydrogens (tertiary/aromatic N) is 3. The first-order chi connectivity index (χ1) is 17.6. The molecule has 10 heteroatoms. The predicted molar refractivity (Wildman–Crippen MR) is 131 cm³/mol. The van der Waals surface area contributed by atoms with Crippen LogP contribution >= 0.6 is 0 Å². The number of nitrogens with one attached hydrogen (secondary N) is 1. The minimum atomic E-state index is -0.971. The Balaban J connectivity index is 1.24. The Morgan fingerprint density at radius 1 is 1.11 bits per heavy atom. The fourth-order valence-corrected chi connectivity index (χ4v) is 7.69. The minimum Gasteiger partial charge on any atom is -0.502 e. The molecule has 4 bridgehead atoms. The van der Waals surface area contributed by atoms with Crippen molar-refractivity contribution in [2.45, 2.75) is 45.1 Å². The number of benzene rings is 1. The monoisotopic (exact) mass is 512 g/mol. The maximum atomic E-state index is 13.9. The molecular formula is C27H30F2N4O4. The van der Waals surface area contributed by atoms with E-state index >= 15 is 0 Å². The van der Waals surface area contributed by atoms with E-state index in [-0.39, 0.29) is 35.4 Å². The van der Waals surface area contributed by atoms with Crippen molar-refractivity contribution >= 4 is 11.8 Å². The number of aromatic nitrogens is 1. The Bertz CT molecular complexity index is 1320. The van der Waals surface area contributed by atoms with Gasteiger partial charge in [0.15, 0.2) is 11.4 Å². The van der Waals surface area contributed by atoms with Gasteiger partial charge in [0.25, 0.3) is 11.8 Å². The molecule has 4 aliphatic carbocycles. The predicted octanol–water partition coefficient (Wildman–Crippen LogP) is 2.96. The zero-order valence-electron chi connectivity index (χ0n) is 20.7. The number of pyridine rings is 1. The number of carbonyl (C=O) groups excluding carboxylic acids is 2. The minimum absolute atomic E-state index is 0.0460. The molecule has 2 heterocycles. The van der Waals surface area contributed by atoms with Crippen LogP contribution in [0.15, 0.2) is 29.2 Å². The van der Waals surface area contributed by atoms with Crippen molar-refractivity contribution in [3.63, 3.8) is 0 Å². The third kappa shape index (κ3) is 4.06. The standard InChI is InChI=1S/C27H30F2N4O4/c1-31-14-32(13-27-8-15-4-16(9-27)6-17(5-15)10-27)26(37)22-24(35)23(34)20(12-33(22)31)25(36)30-11-18-2-3-19(28)7-21(18)29/h2-3,7,12,15-17,35H,4-6,8-11,13-14H2,1H3,(H,30,36). The van der Waals surface area contributed by atoms with Gasteiger partial charge in [0.2, 0.25) is 5.43 Å². The van der Waals surface area contributed by atoms with Crippen LogP contribution in [-0.2, 0) is 6.54 Å². The van der Waals surface area contributed by atoms with Crippen molar-refractivity contribution < 1.29 is 23.5 Å². The lowest BCUT2D eigenvalue weighted by Crippen LogP contribution is -2.58. The van der Waals surface area contributed by atoms with Crippen molar-refractivity contribution in [3.8, 4) is 5.75 Å². The molecule has 2 amide bonds. The van der Waals surface area contributed by atoms with Crippen LogP contribution in [0.3, 0.4) is 0 Å². The van der Waals surface area contributed by atoms with E-state index < -0.39 is 34.6 Å². The van der Waals surface area contributed by atoms with Gasteiger partial charge in [0.1, 0.15) is 23.9 Å². The summed E-state index contributed by atoms with van der Waals surface area (Å²) in [6, 6.07) is 2.98. The molecule has 7 rings (SSSR count). The van der Waals surface area contributed by atoms with E-state index in [0.717, 1.165) is 43.1 Å². The number of hydrogen-bond donors (Lipinski definition) is 2. The lowest BCUT2D eigenvalue weighted by molar-refractivity contribution is -0.0664. The van der Waals surface area contributed by atoms with Gasteiger partial charge in [0, 0.05) is 38.0 Å². The molecule has 0 saturated heterocycles. The van der Waals surface area contributed by atoms with Gasteiger partial charge in [-0.1, -0.05) is 6.07 Å². The molecule has 8 nitrogen and oxygen atoms in total. The van der Waals surface area contributed by atoms with Crippen LogP contribution in [0.1, 0.15) is 64.9 Å². The lowest BCUT2D eigenvalue weighted by atomic mass is 9.49. The first-order valence-corrected chi connectivity index (χ1v) is 12.8. The SMILES string of the molecule is CN1CN(CC23CC4CC(CC(C4)C2)C3)C(=O)c2c(O)c(=O)c(C(=O)NCc3ccc(F)cc3F)cn21. The third-order valence-corrected chi connectivity index (χ3v) is 8.79. The van der Waals surface area contributed by atoms with E-state index in [1.54, 1.807) is 17.0 Å². The van der Waals surface area contributed by atoms with Gasteiger partial charge in [-0.05, 0) is 67.8 Å². The maximum absolute atomic E-state index is 13.9. The van der Waals surface area contributed by atoms with Crippen molar-refractivity contribution in [2.24, 2.45) is 23.2 Å². The smallest absolute Gasteiger partial charge is 0.277 e. The molecule has 1 aromatic carbocycles. The summed E-state index contributed by atoms with van der Waals surface area (Å²) in [6.07, 6.45) is 8.49. The topological polar surface area (TPSA) is 94.9 Å². The molecule has 2 N–H and O–H groups in total. The molecule has 1 aromatic heterocycles. The summed E-state index contributed by atoms with van der Waals surface area (Å²) in [4.78, 5) is 41.0. The molecule has 5 aliphatic rings. The molecule has 4 saturated carbocycles. The van der Waals surface area contributed by atoms with Gasteiger partial charge in [-0.3, -0.25) is 24.1 Å². The second-order valence-electron chi connectivity index (χ2n) is 11.6. The fraction of sp³-hybridized carbons (Fsp3) is 0.519. The van der Waals surface area contributed by atoms with Gasteiger partial charge < -0.3 is 15.3 Å². The molecule has 0 atom stereocenters. The molecule has 196 valence electrons. The second kappa shape index (κ2) is 8.56. The lowest BCUT2D eigenvalue weighted by Gasteiger charge is -2.58. The molecule has 0 spiro atoms. The van der Waals surface area contributed by atoms with Crippen LogP contribution < -0.4 is 15.8 Å². The highest BCUT2D eigenvalue weighted by Gasteiger charge is 2.52. The molecule has 2 aromatic rings. The van der Waals surface area contributed by atoms with Gasteiger partial charge >= 0.3 is 0 Å². The highest BCUT2D eigenvalue weighted by atomic mass is 19.1. The molecule has 37 heavy (non-hydrogen) atoms. The second-order valence-corrected chi connectivity index (χ2v) is 11.6. The van der Waals surface area contributed by atoms with Crippen molar-refractivity contribution in [1.82, 2.24) is 14.9 Å². The summed E-state index contributed by atoms with van der Waals surface area (Å²) in [5, 5.41) is 14.9. The normalized spacial score (nSPS) is 28.0. The molecular weight excluding hydrogens is 482 g/mol. The van der Waals surface area contributed by atoms with Crippen LogP contribution in [0.4, 0.5) is 8.78 Å². The van der Waals surface area contributed by atoms with Crippen LogP contribution in [0.5, 0.6) is 5.75 Å². The van der Waals surface area contributed by atoms with E-state index in [2.05, 4.69) is 5.32 Å². The molecule has 0 radical (unpaired) electrons. The summed E-state index contributed by atoms with van der Waals surface area (Å²) in [5.41, 5.74) is -1.37. The number of aromatic hydroxyl groups is 1. The Labute approximate surface area is 212 Å². The summed E-state index contributed by atoms with van der Waals surface area (Å²) >= 11 is 0. The van der Waals surface area contributed by atoms with Crippen molar-refractivity contribution in [1.29, 1.82) is 0 Å². The summed E-state index contributed by atoms with van der Waals surface area (Å²) in [6.45, 7) is 0.580. The van der Waals surface area contributed by atoms with Crippen molar-refractivity contribution in [3.05, 3.63) is 63.1 Å². The third-order valence-electron chi connectivity index (χ3n) is 8.79. The quantitative estimate of drug-likeness (QED) is 0.643. The number of amides is 2. The zero-order chi connectivity index (χ0) is 26.1. The highest BCUT2D eigenvalue weighted by molar-refractivity contribution is 5.99. The molecule has 0 unspecified atom stereocenters. The average Bonchev–Trinajstić information content (AvgIpc) is 2.82. The first kappa shape index (κ1) is 23.9. The number of fused-ring (bicyclic) bond motifs is 1. The number of halogens is 2. The van der Waals surface area contributed by atoms with E-state index in [1.807, 2.05) is 0 Å². The molecule has 1 aliphatic heterocycles. The van der Waals surface area contributed by atoms with E-state index in [9.17, 15) is 28.3 Å². The fourth-order valence-electron chi connectivity index (χ4n) is 7.69. The first-order valence-electron chi connectivity index (χ1n) is 12.8. The summed E-state index contributed by atoms with van der Waals surface area (Å²) in [5.74, 6) is -1.41. The maximum Gasteiger partial charge on any atom is 0.277 e. The van der Waals surface area contributed by atoms with Gasteiger partial charge in [-0.2, -0.15) is 0 Å². The van der Waals surface area contributed by atoms with E-state index in [1.165, 1.54) is 36.2 Å². The Kier molecular flexibility index (Phi) is 5.54. The number of rotatable bonds is 5. The summed E-state index contributed by atoms with van der Waals surface area (Å²) in [7, 11) is 1.72. The zero-order valence-corrected chi connectivity index (χ0v) is 20.7. The van der Waals surface area contributed by atoms with Crippen LogP contribution in [0, 0.1) is 34.8 Å². The Morgan fingerprint density at radius 3 is 2.38 bits per heavy atom. The Hall–Kier alpha value is -3.43. The van der Waals surface area contributed by atoms with Crippen LogP contribution in [0.2, 0.25) is 0 Å². The van der Waals surface area contributed by atoms with Crippen molar-refractivity contribution in [2.75, 3.05) is 25.3 Å². The highest BCUT2D eigenvalue weighted by Crippen LogP contribution is 2.60. The number of carbonyl (C=O) groups is 2. The van der Waals surface area contributed by atoms with Crippen LogP contribution in [0.25, 0.3) is 0 Å². The van der Waals surface area contributed by atoms with E-state index in [0.29, 0.717) is 12.6 Å². The van der Waals surface area contributed by atoms with Gasteiger partial charge in [-0.15, -0.1) is 0 Å². The van der Waals surface area contributed by atoms with Gasteiger partial charge in [-0.25, -0.2) is 8.78 Å². The summed E-state index contributed by atoms with van der Waals surface area (Å²) < 4.78 is 28.4. The number of hydrogen-bond acceptors (Lipinski definition) is 5. The molecule has 4 fully saturated rings. The van der Waals surface area contributed by atoms with Crippen LogP contribution in [-0.4, -0.2) is 46.8 Å². The van der Waals surface area contributed by atoms with Gasteiger partial charge in [0.05, 0.1) is 0 Å².